The molecule has 4 rings (SSSR count). The van der Waals surface area contributed by atoms with Crippen LogP contribution in [0.2, 0.25) is 0 Å². The first-order chi connectivity index (χ1) is 16.1. The lowest BCUT2D eigenvalue weighted by Gasteiger charge is -2.14. The van der Waals surface area contributed by atoms with E-state index in [1.54, 1.807) is 36.0 Å². The molecule has 174 valence electrons. The highest BCUT2D eigenvalue weighted by atomic mass is 32.2. The van der Waals surface area contributed by atoms with Gasteiger partial charge in [-0.05, 0) is 48.9 Å². The highest BCUT2D eigenvalue weighted by Crippen LogP contribution is 2.30. The summed E-state index contributed by atoms with van der Waals surface area (Å²) in [6.07, 6.45) is 1.56. The fourth-order valence-electron chi connectivity index (χ4n) is 3.62. The highest BCUT2D eigenvalue weighted by molar-refractivity contribution is 7.91. The number of fused-ring (bicyclic) bond motifs is 1. The molecule has 0 fully saturated rings. The molecular formula is C25H22N2O5S2. The second-order valence-corrected chi connectivity index (χ2v) is 10.9. The predicted octanol–water partition coefficient (Wildman–Crippen LogP) is 3.63. The molecule has 1 atom stereocenters. The lowest BCUT2D eigenvalue weighted by Crippen LogP contribution is -2.42. The van der Waals surface area contributed by atoms with Crippen molar-refractivity contribution in [3.05, 3.63) is 82.4 Å². The number of carboxylic acid groups (broad SMARTS) is 1. The molecule has 34 heavy (non-hydrogen) atoms. The van der Waals surface area contributed by atoms with Crippen LogP contribution in [-0.4, -0.2) is 35.2 Å². The zero-order chi connectivity index (χ0) is 24.5. The Morgan fingerprint density at radius 3 is 2.56 bits per heavy atom. The molecule has 0 bridgehead atoms. The smallest absolute Gasteiger partial charge is 0.322 e. The molecule has 0 saturated carbocycles. The van der Waals surface area contributed by atoms with Gasteiger partial charge >= 0.3 is 5.97 Å². The molecule has 0 aliphatic carbocycles. The van der Waals surface area contributed by atoms with Crippen LogP contribution >= 0.6 is 11.3 Å². The Balaban J connectivity index is 1.56. The minimum absolute atomic E-state index is 0.00939. The Hall–Kier alpha value is -3.58. The average Bonchev–Trinajstić information content (AvgIpc) is 3.39. The van der Waals surface area contributed by atoms with E-state index in [9.17, 15) is 23.4 Å². The van der Waals surface area contributed by atoms with E-state index in [0.717, 1.165) is 28.0 Å². The van der Waals surface area contributed by atoms with Gasteiger partial charge in [-0.15, -0.1) is 11.3 Å². The standard InChI is InChI=1S/C25H22N2O5S2/c1-16-6-8-17(9-7-16)10-11-19-12-13-23(33-19)34(31,32)26-20(25(29)30)14-18-15-27(2)21-4-3-5-22(28)24(18)21/h3-9,12-13,15,20,26,28H,14H2,1-2H3,(H,29,30)/t20-/m0/s1. The Labute approximate surface area is 201 Å². The number of aliphatic carboxylic acids is 1. The van der Waals surface area contributed by atoms with E-state index in [4.69, 9.17) is 0 Å². The van der Waals surface area contributed by atoms with Crippen LogP contribution < -0.4 is 4.72 Å². The number of aromatic hydroxyl groups is 1. The number of carboxylic acids is 1. The van der Waals surface area contributed by atoms with Crippen molar-refractivity contribution in [1.29, 1.82) is 0 Å². The maximum absolute atomic E-state index is 12.9. The molecule has 4 aromatic rings. The summed E-state index contributed by atoms with van der Waals surface area (Å²) in [4.78, 5) is 12.5. The first-order valence-corrected chi connectivity index (χ1v) is 12.6. The minimum atomic E-state index is -4.10. The van der Waals surface area contributed by atoms with Crippen molar-refractivity contribution in [3.63, 3.8) is 0 Å². The molecule has 0 aliphatic rings. The minimum Gasteiger partial charge on any atom is -0.507 e. The van der Waals surface area contributed by atoms with Gasteiger partial charge in [0.2, 0.25) is 0 Å². The number of hydrogen-bond donors (Lipinski definition) is 3. The molecule has 3 N–H and O–H groups in total. The maximum Gasteiger partial charge on any atom is 0.322 e. The number of hydrogen-bond acceptors (Lipinski definition) is 5. The van der Waals surface area contributed by atoms with E-state index >= 15 is 0 Å². The van der Waals surface area contributed by atoms with Crippen molar-refractivity contribution in [2.24, 2.45) is 7.05 Å². The molecule has 2 aromatic carbocycles. The molecule has 0 amide bonds. The third kappa shape index (κ3) is 4.99. The van der Waals surface area contributed by atoms with Gasteiger partial charge in [0.1, 0.15) is 16.0 Å². The molecule has 0 spiro atoms. The Bertz CT molecular complexity index is 1540. The van der Waals surface area contributed by atoms with Gasteiger partial charge in [-0.1, -0.05) is 35.6 Å². The number of sulfonamides is 1. The molecule has 7 nitrogen and oxygen atoms in total. The molecular weight excluding hydrogens is 472 g/mol. The van der Waals surface area contributed by atoms with Gasteiger partial charge in [0.15, 0.2) is 0 Å². The van der Waals surface area contributed by atoms with Crippen molar-refractivity contribution in [2.45, 2.75) is 23.6 Å². The molecule has 0 saturated heterocycles. The van der Waals surface area contributed by atoms with Crippen LogP contribution in [0.15, 0.2) is 65.0 Å². The number of nitrogens with one attached hydrogen (secondary N) is 1. The highest BCUT2D eigenvalue weighted by Gasteiger charge is 2.28. The largest absolute Gasteiger partial charge is 0.507 e. The van der Waals surface area contributed by atoms with Gasteiger partial charge in [-0.3, -0.25) is 4.79 Å². The Morgan fingerprint density at radius 1 is 1.12 bits per heavy atom. The van der Waals surface area contributed by atoms with E-state index in [0.29, 0.717) is 15.8 Å². The van der Waals surface area contributed by atoms with E-state index in [-0.39, 0.29) is 16.4 Å². The summed E-state index contributed by atoms with van der Waals surface area (Å²) in [7, 11) is -2.32. The Kier molecular flexibility index (Phi) is 6.48. The summed E-state index contributed by atoms with van der Waals surface area (Å²) in [6, 6.07) is 14.2. The lowest BCUT2D eigenvalue weighted by atomic mass is 10.1. The number of phenols is 1. The summed E-state index contributed by atoms with van der Waals surface area (Å²) in [5, 5.41) is 20.5. The monoisotopic (exact) mass is 494 g/mol. The van der Waals surface area contributed by atoms with Gasteiger partial charge in [0, 0.05) is 30.6 Å². The SMILES string of the molecule is Cc1ccc(C#Cc2ccc(S(=O)(=O)N[C@@H](Cc3cn(C)c4cccc(O)c34)C(=O)O)s2)cc1. The predicted molar refractivity (Wildman–Crippen MR) is 132 cm³/mol. The van der Waals surface area contributed by atoms with E-state index in [1.165, 1.54) is 12.1 Å². The summed E-state index contributed by atoms with van der Waals surface area (Å²) >= 11 is 0.970. The number of benzene rings is 2. The van der Waals surface area contributed by atoms with Gasteiger partial charge in [-0.25, -0.2) is 8.42 Å². The van der Waals surface area contributed by atoms with Gasteiger partial charge in [-0.2, -0.15) is 4.72 Å². The van der Waals surface area contributed by atoms with Crippen LogP contribution in [0.1, 0.15) is 21.6 Å². The number of nitrogens with zero attached hydrogens (tertiary/aromatic N) is 1. The van der Waals surface area contributed by atoms with E-state index < -0.39 is 22.0 Å². The molecule has 0 unspecified atom stereocenters. The van der Waals surface area contributed by atoms with Crippen LogP contribution in [0.25, 0.3) is 10.9 Å². The van der Waals surface area contributed by atoms with Crippen molar-refractivity contribution in [3.8, 4) is 17.6 Å². The third-order valence-corrected chi connectivity index (χ3v) is 8.28. The average molecular weight is 495 g/mol. The fraction of sp³-hybridized carbons (Fsp3) is 0.160. The fourth-order valence-corrected chi connectivity index (χ4v) is 5.99. The molecule has 0 radical (unpaired) electrons. The summed E-state index contributed by atoms with van der Waals surface area (Å²) in [5.74, 6) is 4.64. The maximum atomic E-state index is 12.9. The van der Waals surface area contributed by atoms with Crippen LogP contribution in [0, 0.1) is 18.8 Å². The van der Waals surface area contributed by atoms with Crippen molar-refractivity contribution < 1.29 is 23.4 Å². The van der Waals surface area contributed by atoms with E-state index in [2.05, 4.69) is 16.6 Å². The number of aryl methyl sites for hydroxylation is 2. The number of phenolic OH excluding ortho intramolecular Hbond substituents is 1. The van der Waals surface area contributed by atoms with Gasteiger partial charge in [0.05, 0.1) is 10.4 Å². The van der Waals surface area contributed by atoms with Crippen LogP contribution in [-0.2, 0) is 28.3 Å². The topological polar surface area (TPSA) is 109 Å². The normalized spacial score (nSPS) is 12.3. The summed E-state index contributed by atoms with van der Waals surface area (Å²) in [5.41, 5.74) is 3.18. The molecule has 2 aromatic heterocycles. The van der Waals surface area contributed by atoms with E-state index in [1.807, 2.05) is 31.2 Å². The first kappa shape index (κ1) is 23.6. The third-order valence-electron chi connectivity index (χ3n) is 5.32. The number of thiophene rings is 1. The lowest BCUT2D eigenvalue weighted by molar-refractivity contribution is -0.138. The molecule has 9 heteroatoms. The number of rotatable bonds is 6. The number of carbonyl (C=O) groups is 1. The van der Waals surface area contributed by atoms with Crippen molar-refractivity contribution >= 4 is 38.2 Å². The molecule has 2 heterocycles. The second-order valence-electron chi connectivity index (χ2n) is 7.89. The quantitative estimate of drug-likeness (QED) is 0.355. The summed E-state index contributed by atoms with van der Waals surface area (Å²) in [6.45, 7) is 1.98. The first-order valence-electron chi connectivity index (χ1n) is 10.3. The zero-order valence-electron chi connectivity index (χ0n) is 18.4. The van der Waals surface area contributed by atoms with Crippen LogP contribution in [0.5, 0.6) is 5.75 Å². The molecule has 0 aliphatic heterocycles. The Morgan fingerprint density at radius 2 is 1.85 bits per heavy atom. The van der Waals surface area contributed by atoms with Crippen LogP contribution in [0.3, 0.4) is 0 Å². The van der Waals surface area contributed by atoms with Gasteiger partial charge < -0.3 is 14.8 Å². The zero-order valence-corrected chi connectivity index (χ0v) is 20.1. The van der Waals surface area contributed by atoms with Crippen LogP contribution in [0.4, 0.5) is 0 Å². The number of aromatic nitrogens is 1. The summed E-state index contributed by atoms with van der Waals surface area (Å²) < 4.78 is 29.9. The van der Waals surface area contributed by atoms with Gasteiger partial charge in [0.25, 0.3) is 10.0 Å². The van der Waals surface area contributed by atoms with Crippen molar-refractivity contribution in [2.75, 3.05) is 0 Å². The van der Waals surface area contributed by atoms with Crippen molar-refractivity contribution in [1.82, 2.24) is 9.29 Å². The second kappa shape index (κ2) is 9.35.